The summed E-state index contributed by atoms with van der Waals surface area (Å²) < 4.78 is 7.73. The predicted octanol–water partition coefficient (Wildman–Crippen LogP) is 4.30. The molecule has 0 bridgehead atoms. The molecule has 1 aliphatic rings. The highest BCUT2D eigenvalue weighted by molar-refractivity contribution is 6.41. The molecule has 0 saturated carbocycles. The first kappa shape index (κ1) is 15.5. The first-order chi connectivity index (χ1) is 13.1. The van der Waals surface area contributed by atoms with Crippen molar-refractivity contribution in [2.45, 2.75) is 0 Å². The molecule has 0 amide bonds. The average molecular weight is 354 g/mol. The standard InChI is InChI=1S/C22H14N2O3/c1-24-17(13-7-3-2-4-8-13)12-18-22(24)23-19(27-18)11-16-20(25)14-9-5-6-10-15(14)21(16)26/h2-12H,1H3. The number of fused-ring (bicyclic) bond motifs is 2. The fourth-order valence-electron chi connectivity index (χ4n) is 3.48. The van der Waals surface area contributed by atoms with E-state index in [1.165, 1.54) is 6.08 Å². The lowest BCUT2D eigenvalue weighted by Gasteiger charge is -2.02. The zero-order chi connectivity index (χ0) is 18.5. The quantitative estimate of drug-likeness (QED) is 0.398. The lowest BCUT2D eigenvalue weighted by molar-refractivity contribution is 0.0990. The Morgan fingerprint density at radius 3 is 2.19 bits per heavy atom. The number of hydrogen-bond donors (Lipinski definition) is 0. The predicted molar refractivity (Wildman–Crippen MR) is 101 cm³/mol. The Morgan fingerprint density at radius 2 is 1.56 bits per heavy atom. The van der Waals surface area contributed by atoms with Gasteiger partial charge in [0.15, 0.2) is 22.8 Å². The van der Waals surface area contributed by atoms with E-state index in [1.807, 2.05) is 48.0 Å². The molecule has 5 rings (SSSR count). The summed E-state index contributed by atoms with van der Waals surface area (Å²) in [5.74, 6) is -0.328. The van der Waals surface area contributed by atoms with Crippen LogP contribution in [0.25, 0.3) is 28.6 Å². The third kappa shape index (κ3) is 2.29. The lowest BCUT2D eigenvalue weighted by atomic mass is 10.1. The van der Waals surface area contributed by atoms with Gasteiger partial charge in [-0.15, -0.1) is 0 Å². The average Bonchev–Trinajstić information content (AvgIpc) is 3.31. The van der Waals surface area contributed by atoms with E-state index in [2.05, 4.69) is 4.98 Å². The van der Waals surface area contributed by atoms with Crippen molar-refractivity contribution in [3.05, 3.63) is 83.3 Å². The number of ketones is 2. The zero-order valence-corrected chi connectivity index (χ0v) is 14.5. The highest BCUT2D eigenvalue weighted by Gasteiger charge is 2.33. The molecular weight excluding hydrogens is 340 g/mol. The second kappa shape index (κ2) is 5.64. The molecule has 27 heavy (non-hydrogen) atoms. The van der Waals surface area contributed by atoms with Crippen molar-refractivity contribution in [3.63, 3.8) is 0 Å². The van der Waals surface area contributed by atoms with Crippen LogP contribution in [0.15, 0.2) is 70.7 Å². The van der Waals surface area contributed by atoms with Gasteiger partial charge in [-0.1, -0.05) is 54.6 Å². The minimum atomic E-state index is -0.289. The van der Waals surface area contributed by atoms with Crippen LogP contribution in [0.4, 0.5) is 0 Å². The smallest absolute Gasteiger partial charge is 0.222 e. The van der Waals surface area contributed by atoms with Crippen LogP contribution in [0.1, 0.15) is 26.6 Å². The number of carbonyl (C=O) groups is 2. The number of allylic oxidation sites excluding steroid dienone is 1. The molecule has 0 unspecified atom stereocenters. The van der Waals surface area contributed by atoms with Crippen molar-refractivity contribution in [2.24, 2.45) is 7.05 Å². The van der Waals surface area contributed by atoms with Gasteiger partial charge < -0.3 is 8.98 Å². The fourth-order valence-corrected chi connectivity index (χ4v) is 3.48. The largest absolute Gasteiger partial charge is 0.435 e. The Labute approximate surface area is 154 Å². The second-order valence-electron chi connectivity index (χ2n) is 6.46. The third-order valence-electron chi connectivity index (χ3n) is 4.84. The van der Waals surface area contributed by atoms with Crippen molar-refractivity contribution < 1.29 is 14.0 Å². The van der Waals surface area contributed by atoms with Gasteiger partial charge in [0, 0.05) is 30.3 Å². The first-order valence-electron chi connectivity index (χ1n) is 8.55. The van der Waals surface area contributed by atoms with Crippen molar-refractivity contribution in [1.82, 2.24) is 9.55 Å². The molecule has 2 aromatic heterocycles. The number of aryl methyl sites for hydroxylation is 1. The Kier molecular flexibility index (Phi) is 3.24. The molecule has 2 heterocycles. The molecule has 0 saturated heterocycles. The van der Waals surface area contributed by atoms with Crippen LogP contribution in [-0.2, 0) is 7.05 Å². The number of hydrogen-bond acceptors (Lipinski definition) is 4. The van der Waals surface area contributed by atoms with Crippen LogP contribution in [0.5, 0.6) is 0 Å². The van der Waals surface area contributed by atoms with Crippen LogP contribution < -0.4 is 0 Å². The van der Waals surface area contributed by atoms with Gasteiger partial charge >= 0.3 is 0 Å². The van der Waals surface area contributed by atoms with Crippen molar-refractivity contribution in [2.75, 3.05) is 0 Å². The topological polar surface area (TPSA) is 65.1 Å². The van der Waals surface area contributed by atoms with Gasteiger partial charge in [-0.3, -0.25) is 9.59 Å². The van der Waals surface area contributed by atoms with Gasteiger partial charge in [0.25, 0.3) is 0 Å². The number of benzene rings is 2. The molecule has 0 N–H and O–H groups in total. The van der Waals surface area contributed by atoms with E-state index in [4.69, 9.17) is 4.42 Å². The Bertz CT molecular complexity index is 1220. The molecule has 0 spiro atoms. The normalized spacial score (nSPS) is 13.4. The highest BCUT2D eigenvalue weighted by Crippen LogP contribution is 2.30. The summed E-state index contributed by atoms with van der Waals surface area (Å²) in [6.07, 6.45) is 1.44. The molecule has 5 heteroatoms. The molecule has 1 aliphatic carbocycles. The monoisotopic (exact) mass is 354 g/mol. The van der Waals surface area contributed by atoms with E-state index >= 15 is 0 Å². The van der Waals surface area contributed by atoms with Crippen LogP contribution in [0.2, 0.25) is 0 Å². The van der Waals surface area contributed by atoms with E-state index in [-0.39, 0.29) is 23.0 Å². The Hall–Kier alpha value is -3.73. The van der Waals surface area contributed by atoms with Gasteiger partial charge in [-0.25, -0.2) is 0 Å². The minimum absolute atomic E-state index is 0.0889. The summed E-state index contributed by atoms with van der Waals surface area (Å²) in [4.78, 5) is 29.5. The molecule has 5 nitrogen and oxygen atoms in total. The molecule has 0 atom stereocenters. The SMILES string of the molecule is Cn1c(-c2ccccc2)cc2oc(C=C3C(=O)c4ccccc4C3=O)nc21. The minimum Gasteiger partial charge on any atom is -0.435 e. The van der Waals surface area contributed by atoms with Gasteiger partial charge in [-0.2, -0.15) is 4.98 Å². The fraction of sp³-hybridized carbons (Fsp3) is 0.0455. The number of aromatic nitrogens is 2. The molecule has 2 aromatic carbocycles. The summed E-state index contributed by atoms with van der Waals surface area (Å²) in [7, 11) is 1.91. The number of oxazole rings is 1. The maximum atomic E-state index is 12.5. The van der Waals surface area contributed by atoms with Gasteiger partial charge in [0.05, 0.1) is 11.3 Å². The van der Waals surface area contributed by atoms with Gasteiger partial charge in [-0.05, 0) is 5.56 Å². The second-order valence-corrected chi connectivity index (χ2v) is 6.46. The maximum absolute atomic E-state index is 12.5. The molecule has 4 aromatic rings. The molecular formula is C22H14N2O3. The summed E-state index contributed by atoms with van der Waals surface area (Å²) in [5, 5.41) is 0. The van der Waals surface area contributed by atoms with E-state index in [1.54, 1.807) is 24.3 Å². The van der Waals surface area contributed by atoms with Crippen LogP contribution in [-0.4, -0.2) is 21.1 Å². The van der Waals surface area contributed by atoms with Crippen molar-refractivity contribution in [3.8, 4) is 11.3 Å². The van der Waals surface area contributed by atoms with Crippen LogP contribution >= 0.6 is 0 Å². The van der Waals surface area contributed by atoms with Crippen molar-refractivity contribution in [1.29, 1.82) is 0 Å². The Balaban J connectivity index is 1.57. The number of carbonyl (C=O) groups excluding carboxylic acids is 2. The van der Waals surface area contributed by atoms with E-state index in [0.29, 0.717) is 22.4 Å². The third-order valence-corrected chi connectivity index (χ3v) is 4.84. The summed E-state index contributed by atoms with van der Waals surface area (Å²) in [5.41, 5.74) is 4.26. The maximum Gasteiger partial charge on any atom is 0.222 e. The number of rotatable bonds is 2. The summed E-state index contributed by atoms with van der Waals surface area (Å²) in [6, 6.07) is 18.7. The molecule has 130 valence electrons. The van der Waals surface area contributed by atoms with Crippen LogP contribution in [0, 0.1) is 0 Å². The van der Waals surface area contributed by atoms with E-state index in [0.717, 1.165) is 11.3 Å². The summed E-state index contributed by atoms with van der Waals surface area (Å²) >= 11 is 0. The van der Waals surface area contributed by atoms with Crippen molar-refractivity contribution >= 4 is 28.9 Å². The molecule has 0 fully saturated rings. The highest BCUT2D eigenvalue weighted by atomic mass is 16.3. The van der Waals surface area contributed by atoms with Gasteiger partial charge in [0.2, 0.25) is 5.89 Å². The lowest BCUT2D eigenvalue weighted by Crippen LogP contribution is -2.00. The van der Waals surface area contributed by atoms with E-state index < -0.39 is 0 Å². The molecule has 0 radical (unpaired) electrons. The molecule has 0 aliphatic heterocycles. The number of nitrogens with zero attached hydrogens (tertiary/aromatic N) is 2. The van der Waals surface area contributed by atoms with Gasteiger partial charge in [0.1, 0.15) is 0 Å². The van der Waals surface area contributed by atoms with E-state index in [9.17, 15) is 9.59 Å². The number of Topliss-reactive ketones (excluding diaryl/α,β-unsaturated/α-hetero) is 2. The first-order valence-corrected chi connectivity index (χ1v) is 8.55. The van der Waals surface area contributed by atoms with Crippen LogP contribution in [0.3, 0.4) is 0 Å². The zero-order valence-electron chi connectivity index (χ0n) is 14.5. The Morgan fingerprint density at radius 1 is 0.926 bits per heavy atom. The summed E-state index contributed by atoms with van der Waals surface area (Å²) in [6.45, 7) is 0.